The molecule has 0 atom stereocenters. The Balaban J connectivity index is 2.00. The van der Waals surface area contributed by atoms with Gasteiger partial charge in [-0.05, 0) is 11.6 Å². The Labute approximate surface area is 132 Å². The van der Waals surface area contributed by atoms with Crippen molar-refractivity contribution in [1.29, 1.82) is 0 Å². The first kappa shape index (κ1) is 14.4. The van der Waals surface area contributed by atoms with Gasteiger partial charge in [0.05, 0.1) is 0 Å². The van der Waals surface area contributed by atoms with Crippen LogP contribution in [0.15, 0.2) is 53.5 Å². The summed E-state index contributed by atoms with van der Waals surface area (Å²) in [5.74, 6) is 0. The van der Waals surface area contributed by atoms with Crippen molar-refractivity contribution in [2.24, 2.45) is 0 Å². The van der Waals surface area contributed by atoms with E-state index in [1.54, 1.807) is 30.3 Å². The van der Waals surface area contributed by atoms with Crippen molar-refractivity contribution in [3.8, 4) is 11.1 Å². The smallest absolute Gasteiger partial charge is 0.306 e. The Morgan fingerprint density at radius 2 is 1.83 bits per heavy atom. The van der Waals surface area contributed by atoms with Gasteiger partial charge in [-0.1, -0.05) is 30.3 Å². The van der Waals surface area contributed by atoms with Gasteiger partial charge in [-0.15, -0.1) is 0 Å². The maximum atomic E-state index is 12.8. The van der Waals surface area contributed by atoms with Crippen LogP contribution in [-0.4, -0.2) is 19.6 Å². The van der Waals surface area contributed by atoms with E-state index in [2.05, 4.69) is 15.1 Å². The fourth-order valence-electron chi connectivity index (χ4n) is 2.54. The van der Waals surface area contributed by atoms with Gasteiger partial charge in [-0.2, -0.15) is 22.8 Å². The molecule has 24 heavy (non-hydrogen) atoms. The van der Waals surface area contributed by atoms with Crippen LogP contribution in [0.4, 0.5) is 13.2 Å². The number of fused-ring (bicyclic) bond motifs is 3. The van der Waals surface area contributed by atoms with E-state index in [1.165, 1.54) is 6.20 Å². The highest BCUT2D eigenvalue weighted by Crippen LogP contribution is 2.29. The average molecular weight is 330 g/mol. The van der Waals surface area contributed by atoms with Gasteiger partial charge in [0.1, 0.15) is 5.65 Å². The van der Waals surface area contributed by atoms with Gasteiger partial charge in [0.15, 0.2) is 11.3 Å². The van der Waals surface area contributed by atoms with Crippen LogP contribution in [0, 0.1) is 0 Å². The van der Waals surface area contributed by atoms with E-state index in [4.69, 9.17) is 0 Å². The molecular formula is C16H9F3N4O. The van der Waals surface area contributed by atoms with Gasteiger partial charge in [0.2, 0.25) is 0 Å². The van der Waals surface area contributed by atoms with Crippen LogP contribution in [-0.2, 0) is 6.18 Å². The molecular weight excluding hydrogens is 321 g/mol. The SMILES string of the molecule is O=c1[nH]c2c(cnc3cc(C(F)(F)F)nn32)cc1-c1ccccc1. The molecule has 5 nitrogen and oxygen atoms in total. The second-order valence-electron chi connectivity index (χ2n) is 5.24. The maximum absolute atomic E-state index is 12.8. The van der Waals surface area contributed by atoms with Crippen molar-refractivity contribution in [1.82, 2.24) is 19.6 Å². The van der Waals surface area contributed by atoms with E-state index >= 15 is 0 Å². The molecule has 4 rings (SSSR count). The first-order chi connectivity index (χ1) is 11.4. The van der Waals surface area contributed by atoms with Crippen LogP contribution < -0.4 is 5.56 Å². The summed E-state index contributed by atoms with van der Waals surface area (Å²) < 4.78 is 39.4. The molecule has 0 aliphatic carbocycles. The van der Waals surface area contributed by atoms with Crippen molar-refractivity contribution in [3.05, 3.63) is 64.7 Å². The molecule has 0 radical (unpaired) electrons. The number of aromatic amines is 1. The highest BCUT2D eigenvalue weighted by Gasteiger charge is 2.34. The second-order valence-corrected chi connectivity index (χ2v) is 5.24. The van der Waals surface area contributed by atoms with Crippen LogP contribution in [0.25, 0.3) is 27.8 Å². The van der Waals surface area contributed by atoms with Crippen molar-refractivity contribution >= 4 is 16.7 Å². The van der Waals surface area contributed by atoms with Gasteiger partial charge in [0, 0.05) is 23.2 Å². The van der Waals surface area contributed by atoms with E-state index in [0.29, 0.717) is 16.5 Å². The minimum atomic E-state index is -4.58. The predicted octanol–water partition coefficient (Wildman–Crippen LogP) is 3.26. The first-order valence-corrected chi connectivity index (χ1v) is 6.98. The minimum absolute atomic E-state index is 0.0120. The highest BCUT2D eigenvalue weighted by atomic mass is 19.4. The molecule has 0 unspecified atom stereocenters. The van der Waals surface area contributed by atoms with Gasteiger partial charge >= 0.3 is 6.18 Å². The van der Waals surface area contributed by atoms with E-state index in [9.17, 15) is 18.0 Å². The topological polar surface area (TPSA) is 63.0 Å². The molecule has 0 amide bonds. The average Bonchev–Trinajstić information content (AvgIpc) is 3.00. The third-order valence-electron chi connectivity index (χ3n) is 3.66. The number of nitrogens with one attached hydrogen (secondary N) is 1. The summed E-state index contributed by atoms with van der Waals surface area (Å²) in [7, 11) is 0. The van der Waals surface area contributed by atoms with Gasteiger partial charge in [-0.3, -0.25) is 4.79 Å². The van der Waals surface area contributed by atoms with Crippen LogP contribution in [0.3, 0.4) is 0 Å². The Hall–Kier alpha value is -3.16. The van der Waals surface area contributed by atoms with E-state index in [0.717, 1.165) is 10.6 Å². The number of nitrogens with zero attached hydrogens (tertiary/aromatic N) is 3. The van der Waals surface area contributed by atoms with Gasteiger partial charge in [-0.25, -0.2) is 4.98 Å². The maximum Gasteiger partial charge on any atom is 0.435 e. The molecule has 8 heteroatoms. The van der Waals surface area contributed by atoms with E-state index < -0.39 is 17.4 Å². The summed E-state index contributed by atoms with van der Waals surface area (Å²) in [6, 6.07) is 11.4. The molecule has 0 saturated carbocycles. The van der Waals surface area contributed by atoms with Crippen LogP contribution in [0.2, 0.25) is 0 Å². The standard InChI is InChI=1S/C16H9F3N4O/c17-16(18,19)12-7-13-20-8-10-6-11(9-4-2-1-3-5-9)15(24)21-14(10)23(13)22-12/h1-8H,(H,21,24). The quantitative estimate of drug-likeness (QED) is 0.583. The Kier molecular flexibility index (Phi) is 2.96. The molecule has 0 bridgehead atoms. The lowest BCUT2D eigenvalue weighted by Crippen LogP contribution is -2.12. The Bertz CT molecular complexity index is 1110. The van der Waals surface area contributed by atoms with E-state index in [1.807, 2.05) is 6.07 Å². The summed E-state index contributed by atoms with van der Waals surface area (Å²) in [6.07, 6.45) is -3.17. The molecule has 3 heterocycles. The van der Waals surface area contributed by atoms with Gasteiger partial charge in [0.25, 0.3) is 5.56 Å². The number of H-pyrrole nitrogens is 1. The number of benzene rings is 1. The summed E-state index contributed by atoms with van der Waals surface area (Å²) in [5, 5.41) is 4.00. The Morgan fingerprint density at radius 3 is 2.54 bits per heavy atom. The number of halogens is 3. The molecule has 0 fully saturated rings. The number of aromatic nitrogens is 4. The van der Waals surface area contributed by atoms with E-state index in [-0.39, 0.29) is 11.3 Å². The molecule has 3 aromatic heterocycles. The number of hydrogen-bond donors (Lipinski definition) is 1. The van der Waals surface area contributed by atoms with Crippen molar-refractivity contribution < 1.29 is 13.2 Å². The fourth-order valence-corrected chi connectivity index (χ4v) is 2.54. The van der Waals surface area contributed by atoms with Gasteiger partial charge < -0.3 is 4.98 Å². The third-order valence-corrected chi connectivity index (χ3v) is 3.66. The molecule has 0 aliphatic heterocycles. The zero-order valence-corrected chi connectivity index (χ0v) is 12.0. The molecule has 0 aliphatic rings. The molecule has 1 aromatic carbocycles. The number of rotatable bonds is 1. The largest absolute Gasteiger partial charge is 0.435 e. The predicted molar refractivity (Wildman–Crippen MR) is 81.6 cm³/mol. The lowest BCUT2D eigenvalue weighted by Gasteiger charge is -2.05. The first-order valence-electron chi connectivity index (χ1n) is 6.98. The van der Waals surface area contributed by atoms with Crippen molar-refractivity contribution in [2.75, 3.05) is 0 Å². The number of alkyl halides is 3. The van der Waals surface area contributed by atoms with Crippen LogP contribution in [0.5, 0.6) is 0 Å². The Morgan fingerprint density at radius 1 is 1.08 bits per heavy atom. The molecule has 120 valence electrons. The zero-order chi connectivity index (χ0) is 16.9. The lowest BCUT2D eigenvalue weighted by atomic mass is 10.1. The third kappa shape index (κ3) is 2.23. The summed E-state index contributed by atoms with van der Waals surface area (Å²) in [4.78, 5) is 18.9. The molecule has 4 aromatic rings. The molecule has 1 N–H and O–H groups in total. The van der Waals surface area contributed by atoms with Crippen LogP contribution >= 0.6 is 0 Å². The summed E-state index contributed by atoms with van der Waals surface area (Å²) in [5.41, 5.74) is -0.177. The lowest BCUT2D eigenvalue weighted by molar-refractivity contribution is -0.141. The van der Waals surface area contributed by atoms with Crippen molar-refractivity contribution in [2.45, 2.75) is 6.18 Å². The fraction of sp³-hybridized carbons (Fsp3) is 0.0625. The number of pyridine rings is 1. The zero-order valence-electron chi connectivity index (χ0n) is 12.0. The van der Waals surface area contributed by atoms with Crippen molar-refractivity contribution in [3.63, 3.8) is 0 Å². The monoisotopic (exact) mass is 330 g/mol. The second kappa shape index (κ2) is 4.92. The number of hydrogen-bond acceptors (Lipinski definition) is 3. The summed E-state index contributed by atoms with van der Waals surface area (Å²) >= 11 is 0. The summed E-state index contributed by atoms with van der Waals surface area (Å²) in [6.45, 7) is 0. The highest BCUT2D eigenvalue weighted by molar-refractivity contribution is 5.81. The normalized spacial score (nSPS) is 12.1. The molecule has 0 saturated heterocycles. The van der Waals surface area contributed by atoms with Crippen LogP contribution in [0.1, 0.15) is 5.69 Å². The minimum Gasteiger partial charge on any atom is -0.306 e. The molecule has 0 spiro atoms.